The molecule has 0 bridgehead atoms. The van der Waals surface area contributed by atoms with E-state index in [9.17, 15) is 14.3 Å². The minimum Gasteiger partial charge on any atom is -0.457 e. The molecular weight excluding hydrogens is 721 g/mol. The van der Waals surface area contributed by atoms with Gasteiger partial charge in [0.15, 0.2) is 0 Å². The van der Waals surface area contributed by atoms with Crippen LogP contribution in [-0.2, 0) is 27.9 Å². The summed E-state index contributed by atoms with van der Waals surface area (Å²) in [5.74, 6) is -0.334. The first-order chi connectivity index (χ1) is 27.4. The fourth-order valence-corrected chi connectivity index (χ4v) is 7.32. The molecule has 9 heteroatoms. The van der Waals surface area contributed by atoms with E-state index in [2.05, 4.69) is 50.3 Å². The third kappa shape index (κ3) is 43.8. The highest BCUT2D eigenvalue weighted by atomic mass is 31.2. The summed E-state index contributed by atoms with van der Waals surface area (Å²) in [5, 5.41) is 0. The van der Waals surface area contributed by atoms with E-state index in [1.165, 1.54) is 141 Å². The number of hydrogen-bond acceptors (Lipinski definition) is 7. The number of ether oxygens (including phenoxy) is 2. The van der Waals surface area contributed by atoms with Crippen LogP contribution in [0.3, 0.4) is 0 Å². The zero-order valence-electron chi connectivity index (χ0n) is 36.6. The Morgan fingerprint density at radius 1 is 0.536 bits per heavy atom. The van der Waals surface area contributed by atoms with Crippen molar-refractivity contribution in [2.75, 3.05) is 33.0 Å². The third-order valence-electron chi connectivity index (χ3n) is 10.0. The van der Waals surface area contributed by atoms with E-state index in [0.29, 0.717) is 13.0 Å². The summed E-state index contributed by atoms with van der Waals surface area (Å²) in [4.78, 5) is 22.5. The topological polar surface area (TPSA) is 117 Å². The summed E-state index contributed by atoms with van der Waals surface area (Å²) in [6.45, 7) is 4.86. The number of unbranched alkanes of at least 4 members (excludes halogenated alkanes) is 26. The zero-order chi connectivity index (χ0) is 40.9. The second kappa shape index (κ2) is 44.8. The first-order valence-corrected chi connectivity index (χ1v) is 25.0. The maximum atomic E-state index is 12.6. The Hall–Kier alpha value is -1.28. The average Bonchev–Trinajstić information content (AvgIpc) is 3.19. The van der Waals surface area contributed by atoms with Gasteiger partial charge in [-0.1, -0.05) is 185 Å². The van der Waals surface area contributed by atoms with Crippen molar-refractivity contribution in [3.8, 4) is 0 Å². The highest BCUT2D eigenvalue weighted by Crippen LogP contribution is 2.43. The van der Waals surface area contributed by atoms with Gasteiger partial charge in [-0.15, -0.1) is 0 Å². The number of carbonyl (C=O) groups excluding carboxylic acids is 1. The molecule has 2 atom stereocenters. The van der Waals surface area contributed by atoms with Crippen LogP contribution in [0.1, 0.15) is 219 Å². The van der Waals surface area contributed by atoms with Crippen molar-refractivity contribution in [1.29, 1.82) is 0 Å². The number of allylic oxidation sites excluding steroid dienone is 6. The smallest absolute Gasteiger partial charge is 0.457 e. The molecule has 0 saturated heterocycles. The second-order valence-electron chi connectivity index (χ2n) is 15.6. The summed E-state index contributed by atoms with van der Waals surface area (Å²) < 4.78 is 33.5. The SMILES string of the molecule is CCC/C=C\C/C=C\CCCCCCCCOCC(COP(=O)(O)OCCN)OC(=O)CCCCCCCCCCCCC/C=C\CCCCCCCCCC. The van der Waals surface area contributed by atoms with Gasteiger partial charge < -0.3 is 20.1 Å². The molecule has 0 aliphatic rings. The fraction of sp³-hybridized carbons (Fsp3) is 0.851. The molecule has 0 aromatic rings. The van der Waals surface area contributed by atoms with Gasteiger partial charge in [-0.3, -0.25) is 13.8 Å². The molecule has 56 heavy (non-hydrogen) atoms. The van der Waals surface area contributed by atoms with Crippen LogP contribution >= 0.6 is 7.82 Å². The van der Waals surface area contributed by atoms with Gasteiger partial charge in [-0.05, 0) is 64.2 Å². The average molecular weight is 812 g/mol. The molecule has 2 unspecified atom stereocenters. The number of phosphoric ester groups is 1. The molecule has 0 aromatic carbocycles. The lowest BCUT2D eigenvalue weighted by molar-refractivity contribution is -0.154. The lowest BCUT2D eigenvalue weighted by Crippen LogP contribution is -2.28. The zero-order valence-corrected chi connectivity index (χ0v) is 37.5. The molecule has 0 fully saturated rings. The summed E-state index contributed by atoms with van der Waals surface area (Å²) in [7, 11) is -4.28. The van der Waals surface area contributed by atoms with Crippen molar-refractivity contribution >= 4 is 13.8 Å². The molecule has 0 aromatic heterocycles. The number of nitrogens with two attached hydrogens (primary N) is 1. The predicted octanol–water partition coefficient (Wildman–Crippen LogP) is 14.2. The van der Waals surface area contributed by atoms with Crippen molar-refractivity contribution < 1.29 is 32.8 Å². The van der Waals surface area contributed by atoms with Crippen LogP contribution in [0.5, 0.6) is 0 Å². The normalized spacial score (nSPS) is 13.7. The molecule has 8 nitrogen and oxygen atoms in total. The van der Waals surface area contributed by atoms with Crippen LogP contribution in [0.2, 0.25) is 0 Å². The van der Waals surface area contributed by atoms with Gasteiger partial charge >= 0.3 is 13.8 Å². The monoisotopic (exact) mass is 812 g/mol. The Bertz CT molecular complexity index is 957. The summed E-state index contributed by atoms with van der Waals surface area (Å²) in [5.41, 5.74) is 5.37. The number of esters is 1. The number of phosphoric acid groups is 1. The van der Waals surface area contributed by atoms with Crippen molar-refractivity contribution in [2.45, 2.75) is 225 Å². The van der Waals surface area contributed by atoms with Crippen LogP contribution in [0, 0.1) is 0 Å². The Balaban J connectivity index is 3.94. The van der Waals surface area contributed by atoms with Gasteiger partial charge in [-0.25, -0.2) is 4.57 Å². The Morgan fingerprint density at radius 3 is 1.48 bits per heavy atom. The van der Waals surface area contributed by atoms with Gasteiger partial charge in [0.2, 0.25) is 0 Å². The summed E-state index contributed by atoms with van der Waals surface area (Å²) in [6, 6.07) is 0. The molecule has 0 radical (unpaired) electrons. The number of hydrogen-bond donors (Lipinski definition) is 2. The second-order valence-corrected chi connectivity index (χ2v) is 17.1. The van der Waals surface area contributed by atoms with E-state index in [1.807, 2.05) is 0 Å². The van der Waals surface area contributed by atoms with E-state index in [4.69, 9.17) is 24.3 Å². The van der Waals surface area contributed by atoms with Gasteiger partial charge in [0.1, 0.15) is 6.10 Å². The molecule has 0 saturated carbocycles. The first-order valence-electron chi connectivity index (χ1n) is 23.5. The van der Waals surface area contributed by atoms with Crippen LogP contribution in [0.25, 0.3) is 0 Å². The third-order valence-corrected chi connectivity index (χ3v) is 11.0. The van der Waals surface area contributed by atoms with Crippen LogP contribution in [0.15, 0.2) is 36.5 Å². The van der Waals surface area contributed by atoms with Crippen molar-refractivity contribution in [3.05, 3.63) is 36.5 Å². The highest BCUT2D eigenvalue weighted by Gasteiger charge is 2.25. The van der Waals surface area contributed by atoms with E-state index in [-0.39, 0.29) is 32.3 Å². The summed E-state index contributed by atoms with van der Waals surface area (Å²) in [6.07, 6.45) is 51.7. The standard InChI is InChI=1S/C47H90NO7P/c1-3-5-7-9-11-13-15-17-19-20-21-22-23-24-25-26-27-28-30-32-34-36-38-40-47(49)55-46(45-54-56(50,51)53-43-41-48)44-52-42-39-37-35-33-31-29-18-16-14-12-10-8-6-4-2/h8,10,14,16,20-21,46H,3-7,9,11-13,15,17-19,22-45,48H2,1-2H3,(H,50,51)/b10-8-,16-14-,21-20-. The molecule has 0 rings (SSSR count). The van der Waals surface area contributed by atoms with Gasteiger partial charge in [0, 0.05) is 19.6 Å². The fourth-order valence-electron chi connectivity index (χ4n) is 6.56. The van der Waals surface area contributed by atoms with Crippen LogP contribution < -0.4 is 5.73 Å². The molecule has 0 heterocycles. The number of carbonyl (C=O) groups is 1. The molecule has 0 aliphatic carbocycles. The lowest BCUT2D eigenvalue weighted by atomic mass is 10.0. The molecule has 0 amide bonds. The van der Waals surface area contributed by atoms with E-state index in [0.717, 1.165) is 57.8 Å². The number of rotatable bonds is 45. The Labute approximate surface area is 346 Å². The minimum atomic E-state index is -4.28. The maximum absolute atomic E-state index is 12.6. The van der Waals surface area contributed by atoms with Crippen molar-refractivity contribution in [2.24, 2.45) is 5.73 Å². The highest BCUT2D eigenvalue weighted by molar-refractivity contribution is 7.47. The Kier molecular flexibility index (Phi) is 43.8. The van der Waals surface area contributed by atoms with Crippen LogP contribution in [0.4, 0.5) is 0 Å². The van der Waals surface area contributed by atoms with E-state index in [1.54, 1.807) is 0 Å². The first kappa shape index (κ1) is 54.7. The van der Waals surface area contributed by atoms with Crippen LogP contribution in [-0.4, -0.2) is 49.9 Å². The minimum absolute atomic E-state index is 0.0975. The van der Waals surface area contributed by atoms with E-state index >= 15 is 0 Å². The molecular formula is C47H90NO7P. The summed E-state index contributed by atoms with van der Waals surface area (Å²) >= 11 is 0. The molecule has 0 spiro atoms. The lowest BCUT2D eigenvalue weighted by Gasteiger charge is -2.20. The van der Waals surface area contributed by atoms with E-state index < -0.39 is 13.9 Å². The Morgan fingerprint density at radius 2 is 0.982 bits per heavy atom. The van der Waals surface area contributed by atoms with Crippen molar-refractivity contribution in [3.63, 3.8) is 0 Å². The molecule has 0 aliphatic heterocycles. The molecule has 3 N–H and O–H groups in total. The molecule has 330 valence electrons. The quantitative estimate of drug-likeness (QED) is 0.0270. The van der Waals surface area contributed by atoms with Crippen molar-refractivity contribution in [1.82, 2.24) is 0 Å². The van der Waals surface area contributed by atoms with Gasteiger partial charge in [-0.2, -0.15) is 0 Å². The predicted molar refractivity (Wildman–Crippen MR) is 238 cm³/mol. The largest absolute Gasteiger partial charge is 0.472 e. The van der Waals surface area contributed by atoms with Gasteiger partial charge in [0.05, 0.1) is 19.8 Å². The van der Waals surface area contributed by atoms with Gasteiger partial charge in [0.25, 0.3) is 0 Å². The maximum Gasteiger partial charge on any atom is 0.472 e.